The molecule has 0 spiro atoms. The molecule has 0 saturated heterocycles. The maximum atomic E-state index is 8.30. The first-order valence-electron chi connectivity index (χ1n) is 3.43. The van der Waals surface area contributed by atoms with Crippen molar-refractivity contribution in [2.75, 3.05) is 0 Å². The molecule has 72 valence electrons. The number of hydrogen-bond acceptors (Lipinski definition) is 2. The third kappa shape index (κ3) is 4.15. The Morgan fingerprint density at radius 2 is 1.92 bits per heavy atom. The lowest BCUT2D eigenvalue weighted by Gasteiger charge is -1.98. The number of oxime groups is 1. The van der Waals surface area contributed by atoms with Crippen molar-refractivity contribution in [3.8, 4) is 0 Å². The standard InChI is InChI=1S/C8H9BrN2O.ClH/c9-7-3-1-6(2-4-7)5-8(10)11-12;/h1-4,12H,5H2,(H2,10,11);1H. The highest BCUT2D eigenvalue weighted by atomic mass is 79.9. The lowest BCUT2D eigenvalue weighted by Crippen LogP contribution is -2.14. The molecular formula is C8H10BrClN2O. The van der Waals surface area contributed by atoms with E-state index in [-0.39, 0.29) is 18.2 Å². The van der Waals surface area contributed by atoms with Gasteiger partial charge in [-0.2, -0.15) is 0 Å². The van der Waals surface area contributed by atoms with Crippen molar-refractivity contribution in [3.05, 3.63) is 34.3 Å². The second-order valence-electron chi connectivity index (χ2n) is 2.39. The molecule has 1 aromatic carbocycles. The van der Waals surface area contributed by atoms with Crippen molar-refractivity contribution in [3.63, 3.8) is 0 Å². The molecule has 1 aromatic rings. The Morgan fingerprint density at radius 3 is 2.38 bits per heavy atom. The Morgan fingerprint density at radius 1 is 1.38 bits per heavy atom. The van der Waals surface area contributed by atoms with E-state index in [4.69, 9.17) is 10.9 Å². The zero-order chi connectivity index (χ0) is 8.97. The van der Waals surface area contributed by atoms with Crippen LogP contribution in [0.15, 0.2) is 33.9 Å². The zero-order valence-electron chi connectivity index (χ0n) is 6.77. The van der Waals surface area contributed by atoms with Crippen LogP contribution in [0.4, 0.5) is 0 Å². The summed E-state index contributed by atoms with van der Waals surface area (Å²) in [6.45, 7) is 0. The van der Waals surface area contributed by atoms with Crippen LogP contribution in [0.3, 0.4) is 0 Å². The van der Waals surface area contributed by atoms with Crippen LogP contribution in [-0.2, 0) is 6.42 Å². The van der Waals surface area contributed by atoms with Gasteiger partial charge in [0.2, 0.25) is 0 Å². The summed E-state index contributed by atoms with van der Waals surface area (Å²) in [5.74, 6) is 0.220. The predicted octanol–water partition coefficient (Wildman–Crippen LogP) is 2.16. The fourth-order valence-corrected chi connectivity index (χ4v) is 1.11. The van der Waals surface area contributed by atoms with Gasteiger partial charge in [0, 0.05) is 10.9 Å². The average Bonchev–Trinajstić information content (AvgIpc) is 2.09. The van der Waals surface area contributed by atoms with Crippen LogP contribution in [-0.4, -0.2) is 11.0 Å². The van der Waals surface area contributed by atoms with E-state index in [1.165, 1.54) is 0 Å². The molecule has 0 aliphatic heterocycles. The molecule has 0 atom stereocenters. The van der Waals surface area contributed by atoms with Crippen molar-refractivity contribution < 1.29 is 5.21 Å². The summed E-state index contributed by atoms with van der Waals surface area (Å²) >= 11 is 3.32. The molecule has 3 nitrogen and oxygen atoms in total. The highest BCUT2D eigenvalue weighted by Gasteiger charge is 1.96. The van der Waals surface area contributed by atoms with E-state index in [2.05, 4.69) is 21.1 Å². The highest BCUT2D eigenvalue weighted by molar-refractivity contribution is 9.10. The number of benzene rings is 1. The normalized spacial score (nSPS) is 10.7. The van der Waals surface area contributed by atoms with Crippen LogP contribution < -0.4 is 5.73 Å². The average molecular weight is 266 g/mol. The Labute approximate surface area is 91.2 Å². The van der Waals surface area contributed by atoms with Gasteiger partial charge in [-0.05, 0) is 17.7 Å². The minimum Gasteiger partial charge on any atom is -0.409 e. The van der Waals surface area contributed by atoms with E-state index < -0.39 is 0 Å². The summed E-state index contributed by atoms with van der Waals surface area (Å²) in [6, 6.07) is 7.67. The van der Waals surface area contributed by atoms with E-state index in [9.17, 15) is 0 Å². The van der Waals surface area contributed by atoms with Crippen LogP contribution in [0.5, 0.6) is 0 Å². The van der Waals surface area contributed by atoms with Crippen molar-refractivity contribution in [1.82, 2.24) is 0 Å². The van der Waals surface area contributed by atoms with Gasteiger partial charge in [0.25, 0.3) is 0 Å². The molecule has 0 fully saturated rings. The fraction of sp³-hybridized carbons (Fsp3) is 0.125. The van der Waals surface area contributed by atoms with Crippen LogP contribution in [0.25, 0.3) is 0 Å². The zero-order valence-corrected chi connectivity index (χ0v) is 9.18. The first-order chi connectivity index (χ1) is 5.72. The van der Waals surface area contributed by atoms with Gasteiger partial charge in [0.05, 0.1) is 0 Å². The number of nitrogens with two attached hydrogens (primary N) is 1. The molecule has 0 bridgehead atoms. The molecule has 0 unspecified atom stereocenters. The van der Waals surface area contributed by atoms with Crippen LogP contribution >= 0.6 is 28.3 Å². The number of nitrogens with zero attached hydrogens (tertiary/aromatic N) is 1. The molecule has 1 rings (SSSR count). The molecule has 0 aromatic heterocycles. The third-order valence-electron chi connectivity index (χ3n) is 1.43. The van der Waals surface area contributed by atoms with Crippen molar-refractivity contribution in [2.24, 2.45) is 10.9 Å². The SMILES string of the molecule is Cl.NC(Cc1ccc(Br)cc1)=NO. The van der Waals surface area contributed by atoms with E-state index >= 15 is 0 Å². The minimum absolute atomic E-state index is 0. The molecule has 5 heteroatoms. The van der Waals surface area contributed by atoms with E-state index in [0.29, 0.717) is 6.42 Å². The lowest BCUT2D eigenvalue weighted by molar-refractivity contribution is 0.317. The van der Waals surface area contributed by atoms with Crippen molar-refractivity contribution in [2.45, 2.75) is 6.42 Å². The monoisotopic (exact) mass is 264 g/mol. The van der Waals surface area contributed by atoms with E-state index in [1.54, 1.807) is 0 Å². The lowest BCUT2D eigenvalue weighted by atomic mass is 10.1. The minimum atomic E-state index is 0. The van der Waals surface area contributed by atoms with Gasteiger partial charge in [-0.1, -0.05) is 33.2 Å². The molecule has 0 aliphatic rings. The molecule has 3 N–H and O–H groups in total. The number of amidine groups is 1. The van der Waals surface area contributed by atoms with Gasteiger partial charge in [0.1, 0.15) is 5.84 Å². The molecule has 0 radical (unpaired) electrons. The summed E-state index contributed by atoms with van der Waals surface area (Å²) in [6.07, 6.45) is 0.476. The molecule has 0 aliphatic carbocycles. The van der Waals surface area contributed by atoms with Crippen molar-refractivity contribution >= 4 is 34.2 Å². The maximum absolute atomic E-state index is 8.30. The van der Waals surface area contributed by atoms with Gasteiger partial charge in [0.15, 0.2) is 0 Å². The quantitative estimate of drug-likeness (QED) is 0.373. The number of rotatable bonds is 2. The first kappa shape index (κ1) is 12.3. The van der Waals surface area contributed by atoms with Gasteiger partial charge in [-0.3, -0.25) is 0 Å². The van der Waals surface area contributed by atoms with Crippen molar-refractivity contribution in [1.29, 1.82) is 0 Å². The molecule has 0 heterocycles. The summed E-state index contributed by atoms with van der Waals surface area (Å²) in [7, 11) is 0. The summed E-state index contributed by atoms with van der Waals surface area (Å²) in [4.78, 5) is 0. The second-order valence-corrected chi connectivity index (χ2v) is 3.31. The summed E-state index contributed by atoms with van der Waals surface area (Å²) in [5, 5.41) is 11.2. The van der Waals surface area contributed by atoms with Crippen LogP contribution in [0.1, 0.15) is 5.56 Å². The highest BCUT2D eigenvalue weighted by Crippen LogP contribution is 2.10. The first-order valence-corrected chi connectivity index (χ1v) is 4.22. The van der Waals surface area contributed by atoms with Gasteiger partial charge in [-0.25, -0.2) is 0 Å². The van der Waals surface area contributed by atoms with Gasteiger partial charge >= 0.3 is 0 Å². The van der Waals surface area contributed by atoms with E-state index in [1.807, 2.05) is 24.3 Å². The topological polar surface area (TPSA) is 58.6 Å². The van der Waals surface area contributed by atoms with Gasteiger partial charge in [-0.15, -0.1) is 12.4 Å². The maximum Gasteiger partial charge on any atom is 0.143 e. The Bertz CT molecular complexity index is 287. The Balaban J connectivity index is 0.00000144. The summed E-state index contributed by atoms with van der Waals surface area (Å²) < 4.78 is 1.02. The smallest absolute Gasteiger partial charge is 0.143 e. The van der Waals surface area contributed by atoms with E-state index in [0.717, 1.165) is 10.0 Å². The Kier molecular flexibility index (Phi) is 5.50. The number of halogens is 2. The fourth-order valence-electron chi connectivity index (χ4n) is 0.847. The van der Waals surface area contributed by atoms with Gasteiger partial charge < -0.3 is 10.9 Å². The molecule has 13 heavy (non-hydrogen) atoms. The molecule has 0 saturated carbocycles. The number of hydrogen-bond donors (Lipinski definition) is 2. The molecular weight excluding hydrogens is 255 g/mol. The van der Waals surface area contributed by atoms with Crippen LogP contribution in [0, 0.1) is 0 Å². The predicted molar refractivity (Wildman–Crippen MR) is 58.5 cm³/mol. The van der Waals surface area contributed by atoms with Crippen LogP contribution in [0.2, 0.25) is 0 Å². The second kappa shape index (κ2) is 5.83. The Hall–Kier alpha value is -0.740. The third-order valence-corrected chi connectivity index (χ3v) is 1.96. The summed E-state index contributed by atoms with van der Waals surface area (Å²) in [5.41, 5.74) is 6.35. The largest absolute Gasteiger partial charge is 0.409 e. The molecule has 0 amide bonds.